The van der Waals surface area contributed by atoms with Crippen LogP contribution in [0.15, 0.2) is 0 Å². The molecule has 0 fully saturated rings. The summed E-state index contributed by atoms with van der Waals surface area (Å²) in [5.74, 6) is 0.829. The summed E-state index contributed by atoms with van der Waals surface area (Å²) in [6.45, 7) is 10.3. The number of hydrogen-bond acceptors (Lipinski definition) is 1. The van der Waals surface area contributed by atoms with Gasteiger partial charge in [-0.15, -0.1) is 0 Å². The second-order valence-electron chi connectivity index (χ2n) is 4.17. The largest absolute Gasteiger partial charge is 0.314 e. The average Bonchev–Trinajstić information content (AvgIpc) is 2.17. The Kier molecular flexibility index (Phi) is 8.53. The maximum Gasteiger partial charge on any atom is 0.00645 e. The van der Waals surface area contributed by atoms with Gasteiger partial charge >= 0.3 is 0 Å². The lowest BCUT2D eigenvalue weighted by molar-refractivity contribution is 0.404. The van der Waals surface area contributed by atoms with Crippen LogP contribution in [0.2, 0.25) is 0 Å². The van der Waals surface area contributed by atoms with Crippen LogP contribution in [0, 0.1) is 5.92 Å². The minimum atomic E-state index is 0.758. The van der Waals surface area contributed by atoms with Crippen LogP contribution in [-0.2, 0) is 0 Å². The van der Waals surface area contributed by atoms with Crippen molar-refractivity contribution < 1.29 is 0 Å². The van der Waals surface area contributed by atoms with Crippen LogP contribution in [0.25, 0.3) is 0 Å². The van der Waals surface area contributed by atoms with E-state index in [4.69, 9.17) is 0 Å². The highest BCUT2D eigenvalue weighted by molar-refractivity contribution is 4.66. The van der Waals surface area contributed by atoms with E-state index in [9.17, 15) is 0 Å². The van der Waals surface area contributed by atoms with Gasteiger partial charge in [0.15, 0.2) is 0 Å². The molecule has 0 aliphatic rings. The quantitative estimate of drug-likeness (QED) is 0.609. The van der Waals surface area contributed by atoms with Crippen molar-refractivity contribution >= 4 is 0 Å². The van der Waals surface area contributed by atoms with Crippen LogP contribution in [0.3, 0.4) is 0 Å². The fraction of sp³-hybridized carbons (Fsp3) is 1.00. The normalized spacial score (nSPS) is 15.7. The third kappa shape index (κ3) is 7.06. The molecule has 0 saturated heterocycles. The lowest BCUT2D eigenvalue weighted by Gasteiger charge is -2.19. The molecule has 0 heterocycles. The Labute approximate surface area is 84.3 Å². The van der Waals surface area contributed by atoms with Crippen LogP contribution in [0.4, 0.5) is 0 Å². The van der Waals surface area contributed by atoms with Crippen molar-refractivity contribution in [3.8, 4) is 0 Å². The molecule has 0 aromatic carbocycles. The van der Waals surface area contributed by atoms with Crippen molar-refractivity contribution in [3.63, 3.8) is 0 Å². The van der Waals surface area contributed by atoms with Crippen LogP contribution < -0.4 is 5.32 Å². The molecule has 80 valence electrons. The SMILES string of the molecule is CCCCC(CC)NC[C@@H](C)CC. The van der Waals surface area contributed by atoms with Crippen molar-refractivity contribution in [3.05, 3.63) is 0 Å². The third-order valence-corrected chi connectivity index (χ3v) is 2.85. The van der Waals surface area contributed by atoms with Gasteiger partial charge in [0, 0.05) is 6.04 Å². The molecule has 0 aliphatic heterocycles. The molecule has 0 bridgehead atoms. The van der Waals surface area contributed by atoms with Crippen molar-refractivity contribution in [1.29, 1.82) is 0 Å². The highest BCUT2D eigenvalue weighted by Gasteiger charge is 2.06. The highest BCUT2D eigenvalue weighted by Crippen LogP contribution is 2.05. The van der Waals surface area contributed by atoms with Gasteiger partial charge in [0.25, 0.3) is 0 Å². The number of rotatable bonds is 8. The summed E-state index contributed by atoms with van der Waals surface area (Å²) in [7, 11) is 0. The van der Waals surface area contributed by atoms with Gasteiger partial charge in [-0.2, -0.15) is 0 Å². The molecule has 0 aromatic heterocycles. The summed E-state index contributed by atoms with van der Waals surface area (Å²) in [6.07, 6.45) is 6.60. The summed E-state index contributed by atoms with van der Waals surface area (Å²) in [6, 6.07) is 0.758. The Morgan fingerprint density at radius 3 is 2.23 bits per heavy atom. The average molecular weight is 185 g/mol. The minimum Gasteiger partial charge on any atom is -0.314 e. The standard InChI is InChI=1S/C12H27N/c1-5-8-9-12(7-3)13-10-11(4)6-2/h11-13H,5-10H2,1-4H3/t11-,12?/m0/s1. The first kappa shape index (κ1) is 13.0. The second-order valence-corrected chi connectivity index (χ2v) is 4.17. The maximum absolute atomic E-state index is 3.65. The molecule has 2 atom stereocenters. The zero-order chi connectivity index (χ0) is 10.1. The first-order valence-corrected chi connectivity index (χ1v) is 5.97. The van der Waals surface area contributed by atoms with E-state index in [1.807, 2.05) is 0 Å². The molecule has 0 rings (SSSR count). The van der Waals surface area contributed by atoms with E-state index < -0.39 is 0 Å². The summed E-state index contributed by atoms with van der Waals surface area (Å²) in [4.78, 5) is 0. The lowest BCUT2D eigenvalue weighted by Crippen LogP contribution is -2.32. The highest BCUT2D eigenvalue weighted by atomic mass is 14.9. The molecular formula is C12H27N. The first-order valence-electron chi connectivity index (χ1n) is 5.97. The predicted octanol–water partition coefficient (Wildman–Crippen LogP) is 3.59. The van der Waals surface area contributed by atoms with Crippen molar-refractivity contribution in [2.24, 2.45) is 5.92 Å². The summed E-state index contributed by atoms with van der Waals surface area (Å²) >= 11 is 0. The molecule has 1 nitrogen and oxygen atoms in total. The van der Waals surface area contributed by atoms with E-state index in [1.54, 1.807) is 0 Å². The van der Waals surface area contributed by atoms with Gasteiger partial charge in [-0.3, -0.25) is 0 Å². The fourth-order valence-electron chi connectivity index (χ4n) is 1.41. The maximum atomic E-state index is 3.65. The first-order chi connectivity index (χ1) is 6.24. The Hall–Kier alpha value is -0.0400. The van der Waals surface area contributed by atoms with Crippen LogP contribution in [-0.4, -0.2) is 12.6 Å². The van der Waals surface area contributed by atoms with Gasteiger partial charge in [-0.05, 0) is 25.3 Å². The zero-order valence-electron chi connectivity index (χ0n) is 9.90. The van der Waals surface area contributed by atoms with E-state index in [-0.39, 0.29) is 0 Å². The zero-order valence-corrected chi connectivity index (χ0v) is 9.90. The van der Waals surface area contributed by atoms with Crippen LogP contribution >= 0.6 is 0 Å². The van der Waals surface area contributed by atoms with E-state index >= 15 is 0 Å². The van der Waals surface area contributed by atoms with Crippen LogP contribution in [0.5, 0.6) is 0 Å². The molecule has 0 aromatic rings. The van der Waals surface area contributed by atoms with Crippen LogP contribution in [0.1, 0.15) is 59.8 Å². The molecule has 0 aliphatic carbocycles. The Balaban J connectivity index is 3.46. The third-order valence-electron chi connectivity index (χ3n) is 2.85. The van der Waals surface area contributed by atoms with E-state index in [1.165, 1.54) is 38.6 Å². The van der Waals surface area contributed by atoms with Crippen molar-refractivity contribution in [2.75, 3.05) is 6.54 Å². The monoisotopic (exact) mass is 185 g/mol. The lowest BCUT2D eigenvalue weighted by atomic mass is 10.1. The van der Waals surface area contributed by atoms with Gasteiger partial charge < -0.3 is 5.32 Å². The predicted molar refractivity (Wildman–Crippen MR) is 61.1 cm³/mol. The van der Waals surface area contributed by atoms with E-state index in [0.29, 0.717) is 0 Å². The number of nitrogens with one attached hydrogen (secondary N) is 1. The molecule has 1 unspecified atom stereocenters. The molecule has 0 amide bonds. The van der Waals surface area contributed by atoms with Crippen molar-refractivity contribution in [1.82, 2.24) is 5.32 Å². The van der Waals surface area contributed by atoms with E-state index in [0.717, 1.165) is 12.0 Å². The van der Waals surface area contributed by atoms with Gasteiger partial charge in [-0.1, -0.05) is 47.0 Å². The Bertz CT molecular complexity index is 101. The van der Waals surface area contributed by atoms with Gasteiger partial charge in [0.2, 0.25) is 0 Å². The van der Waals surface area contributed by atoms with Gasteiger partial charge in [-0.25, -0.2) is 0 Å². The summed E-state index contributed by atoms with van der Waals surface area (Å²) in [5.41, 5.74) is 0. The second kappa shape index (κ2) is 8.55. The Morgan fingerprint density at radius 1 is 1.08 bits per heavy atom. The van der Waals surface area contributed by atoms with Gasteiger partial charge in [0.1, 0.15) is 0 Å². The molecule has 0 saturated carbocycles. The molecule has 0 radical (unpaired) electrons. The molecule has 1 heteroatoms. The number of hydrogen-bond donors (Lipinski definition) is 1. The van der Waals surface area contributed by atoms with Gasteiger partial charge in [0.05, 0.1) is 0 Å². The summed E-state index contributed by atoms with van der Waals surface area (Å²) in [5, 5.41) is 3.65. The fourth-order valence-corrected chi connectivity index (χ4v) is 1.41. The topological polar surface area (TPSA) is 12.0 Å². The molecule has 0 spiro atoms. The number of unbranched alkanes of at least 4 members (excludes halogenated alkanes) is 1. The molecule has 13 heavy (non-hydrogen) atoms. The smallest absolute Gasteiger partial charge is 0.00645 e. The summed E-state index contributed by atoms with van der Waals surface area (Å²) < 4.78 is 0. The minimum absolute atomic E-state index is 0.758. The Morgan fingerprint density at radius 2 is 1.77 bits per heavy atom. The molecular weight excluding hydrogens is 158 g/mol. The van der Waals surface area contributed by atoms with E-state index in [2.05, 4.69) is 33.0 Å². The molecule has 1 N–H and O–H groups in total. The van der Waals surface area contributed by atoms with Crippen molar-refractivity contribution in [2.45, 2.75) is 65.8 Å².